The molecule has 1 aliphatic heterocycles. The standard InChI is InChI=1S/C22H25F3O2/c1-3-11-26-16-7-10-20(27-13-16)18-9-6-15(12-19(18)23)17-8-5-14(4-2)21(24)22(17)25/h5-6,8-9,12,16,20H,3-4,7,10-11,13H2,1-2H3. The molecule has 2 nitrogen and oxygen atoms in total. The molecule has 0 aliphatic carbocycles. The van der Waals surface area contributed by atoms with Crippen molar-refractivity contribution in [3.8, 4) is 11.1 Å². The molecule has 5 heteroatoms. The van der Waals surface area contributed by atoms with Crippen molar-refractivity contribution in [2.75, 3.05) is 13.2 Å². The Balaban J connectivity index is 1.76. The lowest BCUT2D eigenvalue weighted by Crippen LogP contribution is -2.28. The molecule has 2 aromatic carbocycles. The number of ether oxygens (including phenoxy) is 2. The number of benzene rings is 2. The number of halogens is 3. The number of rotatable bonds is 6. The first kappa shape index (κ1) is 19.9. The molecule has 2 atom stereocenters. The van der Waals surface area contributed by atoms with Crippen LogP contribution in [0.15, 0.2) is 30.3 Å². The second-order valence-corrected chi connectivity index (χ2v) is 6.88. The molecule has 27 heavy (non-hydrogen) atoms. The molecule has 0 bridgehead atoms. The van der Waals surface area contributed by atoms with Gasteiger partial charge in [-0.15, -0.1) is 0 Å². The van der Waals surface area contributed by atoms with Gasteiger partial charge in [-0.2, -0.15) is 0 Å². The fourth-order valence-electron chi connectivity index (χ4n) is 3.43. The van der Waals surface area contributed by atoms with E-state index in [0.29, 0.717) is 42.7 Å². The molecule has 1 fully saturated rings. The van der Waals surface area contributed by atoms with Gasteiger partial charge in [-0.1, -0.05) is 38.1 Å². The van der Waals surface area contributed by atoms with E-state index >= 15 is 0 Å². The molecular formula is C22H25F3O2. The van der Waals surface area contributed by atoms with Crippen molar-refractivity contribution in [1.82, 2.24) is 0 Å². The minimum absolute atomic E-state index is 0.0534. The lowest BCUT2D eigenvalue weighted by Gasteiger charge is -2.29. The van der Waals surface area contributed by atoms with Crippen molar-refractivity contribution >= 4 is 0 Å². The van der Waals surface area contributed by atoms with E-state index < -0.39 is 17.5 Å². The van der Waals surface area contributed by atoms with Gasteiger partial charge in [0.25, 0.3) is 0 Å². The van der Waals surface area contributed by atoms with Crippen LogP contribution < -0.4 is 0 Å². The second kappa shape index (κ2) is 8.89. The van der Waals surface area contributed by atoms with Gasteiger partial charge >= 0.3 is 0 Å². The van der Waals surface area contributed by atoms with Crippen LogP contribution in [0, 0.1) is 17.5 Å². The van der Waals surface area contributed by atoms with Crippen molar-refractivity contribution in [2.45, 2.75) is 51.7 Å². The van der Waals surface area contributed by atoms with Crippen LogP contribution in [-0.4, -0.2) is 19.3 Å². The molecule has 0 saturated carbocycles. The van der Waals surface area contributed by atoms with Gasteiger partial charge in [0, 0.05) is 17.7 Å². The van der Waals surface area contributed by atoms with Crippen LogP contribution in [0.5, 0.6) is 0 Å². The molecule has 0 spiro atoms. The molecule has 146 valence electrons. The van der Waals surface area contributed by atoms with Gasteiger partial charge in [-0.05, 0) is 42.9 Å². The van der Waals surface area contributed by atoms with E-state index in [2.05, 4.69) is 0 Å². The Morgan fingerprint density at radius 1 is 1.04 bits per heavy atom. The largest absolute Gasteiger partial charge is 0.376 e. The molecule has 3 rings (SSSR count). The summed E-state index contributed by atoms with van der Waals surface area (Å²) in [5.41, 5.74) is 1.13. The SMILES string of the molecule is CCCOC1CCC(c2ccc(-c3ccc(CC)c(F)c3F)cc2F)OC1. The van der Waals surface area contributed by atoms with E-state index in [9.17, 15) is 13.2 Å². The predicted octanol–water partition coefficient (Wildman–Crippen LogP) is 5.98. The van der Waals surface area contributed by atoms with Crippen molar-refractivity contribution in [3.63, 3.8) is 0 Å². The summed E-state index contributed by atoms with van der Waals surface area (Å²) in [6.45, 7) is 4.94. The van der Waals surface area contributed by atoms with Crippen LogP contribution in [0.2, 0.25) is 0 Å². The molecular weight excluding hydrogens is 353 g/mol. The highest BCUT2D eigenvalue weighted by Gasteiger charge is 2.26. The minimum Gasteiger partial charge on any atom is -0.376 e. The quantitative estimate of drug-likeness (QED) is 0.616. The molecule has 1 saturated heterocycles. The summed E-state index contributed by atoms with van der Waals surface area (Å²) in [6.07, 6.45) is 2.54. The normalized spacial score (nSPS) is 20.0. The Bertz CT molecular complexity index is 783. The summed E-state index contributed by atoms with van der Waals surface area (Å²) in [5, 5.41) is 0. The zero-order valence-electron chi connectivity index (χ0n) is 15.7. The van der Waals surface area contributed by atoms with E-state index in [1.807, 2.05) is 6.92 Å². The molecule has 2 unspecified atom stereocenters. The first-order chi connectivity index (χ1) is 13.0. The van der Waals surface area contributed by atoms with Gasteiger partial charge in [-0.25, -0.2) is 13.2 Å². The molecule has 1 aliphatic rings. The average molecular weight is 378 g/mol. The highest BCUT2D eigenvalue weighted by atomic mass is 19.2. The van der Waals surface area contributed by atoms with Gasteiger partial charge in [0.05, 0.1) is 18.8 Å². The maximum atomic E-state index is 14.7. The van der Waals surface area contributed by atoms with Crippen LogP contribution in [0.25, 0.3) is 11.1 Å². The average Bonchev–Trinajstić information content (AvgIpc) is 2.69. The lowest BCUT2D eigenvalue weighted by atomic mass is 9.96. The van der Waals surface area contributed by atoms with Crippen LogP contribution in [-0.2, 0) is 15.9 Å². The van der Waals surface area contributed by atoms with Crippen molar-refractivity contribution < 1.29 is 22.6 Å². The van der Waals surface area contributed by atoms with Gasteiger partial charge in [0.1, 0.15) is 5.82 Å². The molecule has 0 N–H and O–H groups in total. The third-order valence-corrected chi connectivity index (χ3v) is 4.99. The zero-order valence-corrected chi connectivity index (χ0v) is 15.7. The molecule has 1 heterocycles. The number of aryl methyl sites for hydroxylation is 1. The van der Waals surface area contributed by atoms with Crippen molar-refractivity contribution in [3.05, 3.63) is 58.9 Å². The zero-order chi connectivity index (χ0) is 19.4. The first-order valence-corrected chi connectivity index (χ1v) is 9.55. The highest BCUT2D eigenvalue weighted by Crippen LogP contribution is 2.34. The lowest BCUT2D eigenvalue weighted by molar-refractivity contribution is -0.0874. The summed E-state index contributed by atoms with van der Waals surface area (Å²) < 4.78 is 54.5. The molecule has 0 radical (unpaired) electrons. The van der Waals surface area contributed by atoms with Crippen LogP contribution >= 0.6 is 0 Å². The Morgan fingerprint density at radius 3 is 2.48 bits per heavy atom. The van der Waals surface area contributed by atoms with Crippen LogP contribution in [0.3, 0.4) is 0 Å². The van der Waals surface area contributed by atoms with Gasteiger partial charge in [0.15, 0.2) is 11.6 Å². The first-order valence-electron chi connectivity index (χ1n) is 9.55. The second-order valence-electron chi connectivity index (χ2n) is 6.88. The Labute approximate surface area is 158 Å². The van der Waals surface area contributed by atoms with E-state index in [1.54, 1.807) is 25.1 Å². The Kier molecular flexibility index (Phi) is 6.55. The van der Waals surface area contributed by atoms with Gasteiger partial charge in [-0.3, -0.25) is 0 Å². The van der Waals surface area contributed by atoms with E-state index in [-0.39, 0.29) is 17.8 Å². The number of hydrogen-bond donors (Lipinski definition) is 0. The summed E-state index contributed by atoms with van der Waals surface area (Å²) in [7, 11) is 0. The Morgan fingerprint density at radius 2 is 1.85 bits per heavy atom. The fourth-order valence-corrected chi connectivity index (χ4v) is 3.43. The molecule has 0 aromatic heterocycles. The van der Waals surface area contributed by atoms with Gasteiger partial charge in [0.2, 0.25) is 0 Å². The summed E-state index contributed by atoms with van der Waals surface area (Å²) in [4.78, 5) is 0. The van der Waals surface area contributed by atoms with E-state index in [0.717, 1.165) is 12.8 Å². The maximum Gasteiger partial charge on any atom is 0.166 e. The highest BCUT2D eigenvalue weighted by molar-refractivity contribution is 5.65. The smallest absolute Gasteiger partial charge is 0.166 e. The van der Waals surface area contributed by atoms with Crippen molar-refractivity contribution in [2.24, 2.45) is 0 Å². The van der Waals surface area contributed by atoms with Crippen LogP contribution in [0.4, 0.5) is 13.2 Å². The third-order valence-electron chi connectivity index (χ3n) is 4.99. The third kappa shape index (κ3) is 4.36. The molecule has 0 amide bonds. The molecule has 2 aromatic rings. The fraction of sp³-hybridized carbons (Fsp3) is 0.455. The summed E-state index contributed by atoms with van der Waals surface area (Å²) in [5.74, 6) is -2.27. The van der Waals surface area contributed by atoms with Crippen molar-refractivity contribution in [1.29, 1.82) is 0 Å². The van der Waals surface area contributed by atoms with E-state index in [4.69, 9.17) is 9.47 Å². The maximum absolute atomic E-state index is 14.7. The van der Waals surface area contributed by atoms with Crippen LogP contribution in [0.1, 0.15) is 50.3 Å². The number of hydrogen-bond acceptors (Lipinski definition) is 2. The monoisotopic (exact) mass is 378 g/mol. The predicted molar refractivity (Wildman–Crippen MR) is 99.1 cm³/mol. The summed E-state index contributed by atoms with van der Waals surface area (Å²) in [6, 6.07) is 7.51. The topological polar surface area (TPSA) is 18.5 Å². The van der Waals surface area contributed by atoms with Gasteiger partial charge < -0.3 is 9.47 Å². The minimum atomic E-state index is -0.939. The van der Waals surface area contributed by atoms with E-state index in [1.165, 1.54) is 12.1 Å². The Hall–Kier alpha value is -1.85. The summed E-state index contributed by atoms with van der Waals surface area (Å²) >= 11 is 0.